The summed E-state index contributed by atoms with van der Waals surface area (Å²) in [4.78, 5) is 11.4. The van der Waals surface area contributed by atoms with Crippen LogP contribution in [0, 0.1) is 11.6 Å². The maximum absolute atomic E-state index is 12.8. The molecule has 1 rings (SSSR count). The summed E-state index contributed by atoms with van der Waals surface area (Å²) >= 11 is 1.11. The largest absolute Gasteiger partial charge is 0.394 e. The van der Waals surface area contributed by atoms with Crippen LogP contribution < -0.4 is 5.32 Å². The number of rotatable bonds is 6. The van der Waals surface area contributed by atoms with Crippen molar-refractivity contribution >= 4 is 23.4 Å². The smallest absolute Gasteiger partial charge is 0.234 e. The third-order valence-electron chi connectivity index (χ3n) is 1.90. The van der Waals surface area contributed by atoms with Crippen molar-refractivity contribution in [3.63, 3.8) is 0 Å². The number of carbonyl (C=O) groups excluding carboxylic acids is 1. The highest BCUT2D eigenvalue weighted by molar-refractivity contribution is 8.00. The second-order valence-corrected chi connectivity index (χ2v) is 4.59. The Labute approximate surface area is 107 Å². The molecule has 0 aliphatic heterocycles. The number of halogens is 2. The summed E-state index contributed by atoms with van der Waals surface area (Å²) in [6.07, 6.45) is -0.880. The monoisotopic (exact) mass is 277 g/mol. The molecule has 4 nitrogen and oxygen atoms in total. The highest BCUT2D eigenvalue weighted by Crippen LogP contribution is 2.13. The number of carbonyl (C=O) groups is 1. The van der Waals surface area contributed by atoms with Gasteiger partial charge in [0, 0.05) is 17.5 Å². The standard InChI is InChI=1S/C11H13F2NO3S/c12-7-1-8(13)3-9(2-7)14-11(17)6-18-5-10(16)4-15/h1-3,10,15-16H,4-6H2,(H,14,17). The lowest BCUT2D eigenvalue weighted by molar-refractivity contribution is -0.113. The van der Waals surface area contributed by atoms with Gasteiger partial charge < -0.3 is 15.5 Å². The molecule has 3 N–H and O–H groups in total. The molecule has 7 heteroatoms. The van der Waals surface area contributed by atoms with Crippen molar-refractivity contribution in [1.29, 1.82) is 0 Å². The minimum atomic E-state index is -0.880. The zero-order valence-electron chi connectivity index (χ0n) is 9.40. The quantitative estimate of drug-likeness (QED) is 0.725. The molecule has 0 radical (unpaired) electrons. The van der Waals surface area contributed by atoms with Crippen LogP contribution in [-0.4, -0.2) is 40.3 Å². The Balaban J connectivity index is 2.40. The minimum Gasteiger partial charge on any atom is -0.394 e. The van der Waals surface area contributed by atoms with Gasteiger partial charge in [-0.3, -0.25) is 4.79 Å². The van der Waals surface area contributed by atoms with Crippen molar-refractivity contribution < 1.29 is 23.8 Å². The van der Waals surface area contributed by atoms with Crippen LogP contribution in [-0.2, 0) is 4.79 Å². The van der Waals surface area contributed by atoms with Gasteiger partial charge in [-0.1, -0.05) is 0 Å². The van der Waals surface area contributed by atoms with Crippen LogP contribution in [0.4, 0.5) is 14.5 Å². The van der Waals surface area contributed by atoms with Gasteiger partial charge in [0.15, 0.2) is 0 Å². The van der Waals surface area contributed by atoms with E-state index in [2.05, 4.69) is 5.32 Å². The van der Waals surface area contributed by atoms with Gasteiger partial charge in [0.05, 0.1) is 18.5 Å². The van der Waals surface area contributed by atoms with Crippen molar-refractivity contribution in [2.45, 2.75) is 6.10 Å². The summed E-state index contributed by atoms with van der Waals surface area (Å²) < 4.78 is 25.6. The van der Waals surface area contributed by atoms with E-state index in [9.17, 15) is 13.6 Å². The molecule has 0 aromatic heterocycles. The molecule has 1 amide bonds. The number of benzene rings is 1. The van der Waals surface area contributed by atoms with Crippen molar-refractivity contribution in [3.05, 3.63) is 29.8 Å². The summed E-state index contributed by atoms with van der Waals surface area (Å²) in [7, 11) is 0. The highest BCUT2D eigenvalue weighted by atomic mass is 32.2. The first-order valence-corrected chi connectivity index (χ1v) is 6.29. The van der Waals surface area contributed by atoms with Gasteiger partial charge in [0.1, 0.15) is 11.6 Å². The van der Waals surface area contributed by atoms with Crippen LogP contribution in [0.1, 0.15) is 0 Å². The Hall–Kier alpha value is -1.18. The summed E-state index contributed by atoms with van der Waals surface area (Å²) in [5.74, 6) is -1.74. The van der Waals surface area contributed by atoms with Gasteiger partial charge >= 0.3 is 0 Å². The number of nitrogens with one attached hydrogen (secondary N) is 1. The van der Waals surface area contributed by atoms with Gasteiger partial charge in [0.2, 0.25) is 5.91 Å². The fourth-order valence-electron chi connectivity index (χ4n) is 1.16. The number of hydrogen-bond acceptors (Lipinski definition) is 4. The third-order valence-corrected chi connectivity index (χ3v) is 2.99. The number of amides is 1. The van der Waals surface area contributed by atoms with Gasteiger partial charge in [-0.05, 0) is 12.1 Å². The summed E-state index contributed by atoms with van der Waals surface area (Å²) in [6, 6.07) is 2.73. The van der Waals surface area contributed by atoms with E-state index in [-0.39, 0.29) is 23.8 Å². The Kier molecular flexibility index (Phi) is 6.03. The van der Waals surface area contributed by atoms with Crippen LogP contribution in [0.5, 0.6) is 0 Å². The molecule has 100 valence electrons. The SMILES string of the molecule is O=C(CSCC(O)CO)Nc1cc(F)cc(F)c1. The summed E-state index contributed by atoms with van der Waals surface area (Å²) in [5.41, 5.74) is 0.0424. The molecule has 0 bridgehead atoms. The van der Waals surface area contributed by atoms with Crippen LogP contribution in [0.2, 0.25) is 0 Å². The molecular formula is C11H13F2NO3S. The average molecular weight is 277 g/mol. The molecule has 18 heavy (non-hydrogen) atoms. The van der Waals surface area contributed by atoms with Crippen molar-refractivity contribution in [3.8, 4) is 0 Å². The van der Waals surface area contributed by atoms with Gasteiger partial charge in [-0.25, -0.2) is 8.78 Å². The predicted molar refractivity (Wildman–Crippen MR) is 65.4 cm³/mol. The van der Waals surface area contributed by atoms with E-state index in [1.807, 2.05) is 0 Å². The molecule has 0 heterocycles. The van der Waals surface area contributed by atoms with Crippen LogP contribution >= 0.6 is 11.8 Å². The van der Waals surface area contributed by atoms with E-state index >= 15 is 0 Å². The number of aliphatic hydroxyl groups is 2. The Morgan fingerprint density at radius 2 is 1.94 bits per heavy atom. The molecule has 0 saturated heterocycles. The van der Waals surface area contributed by atoms with Gasteiger partial charge in [0.25, 0.3) is 0 Å². The first-order chi connectivity index (χ1) is 8.51. The van der Waals surface area contributed by atoms with Crippen LogP contribution in [0.25, 0.3) is 0 Å². The average Bonchev–Trinajstić information content (AvgIpc) is 2.27. The Bertz CT molecular complexity index is 397. The van der Waals surface area contributed by atoms with E-state index < -0.39 is 23.6 Å². The van der Waals surface area contributed by atoms with Gasteiger partial charge in [-0.2, -0.15) is 0 Å². The first-order valence-electron chi connectivity index (χ1n) is 5.14. The lowest BCUT2D eigenvalue weighted by Gasteiger charge is -2.07. The lowest BCUT2D eigenvalue weighted by Crippen LogP contribution is -2.19. The lowest BCUT2D eigenvalue weighted by atomic mass is 10.3. The normalized spacial score (nSPS) is 12.2. The zero-order valence-corrected chi connectivity index (χ0v) is 10.2. The molecule has 0 aliphatic carbocycles. The molecule has 1 aromatic carbocycles. The van der Waals surface area contributed by atoms with E-state index in [0.29, 0.717) is 6.07 Å². The van der Waals surface area contributed by atoms with Crippen LogP contribution in [0.3, 0.4) is 0 Å². The van der Waals surface area contributed by atoms with Crippen molar-refractivity contribution in [2.75, 3.05) is 23.4 Å². The maximum atomic E-state index is 12.8. The van der Waals surface area contributed by atoms with E-state index in [0.717, 1.165) is 23.9 Å². The van der Waals surface area contributed by atoms with Gasteiger partial charge in [-0.15, -0.1) is 11.8 Å². The Morgan fingerprint density at radius 1 is 1.33 bits per heavy atom. The van der Waals surface area contributed by atoms with E-state index in [4.69, 9.17) is 10.2 Å². The highest BCUT2D eigenvalue weighted by Gasteiger charge is 2.07. The molecular weight excluding hydrogens is 264 g/mol. The fraction of sp³-hybridized carbons (Fsp3) is 0.364. The first kappa shape index (κ1) is 14.9. The summed E-state index contributed by atoms with van der Waals surface area (Å²) in [6.45, 7) is -0.371. The fourth-order valence-corrected chi connectivity index (χ4v) is 1.92. The second-order valence-electron chi connectivity index (χ2n) is 3.56. The molecule has 1 aromatic rings. The summed E-state index contributed by atoms with van der Waals surface area (Å²) in [5, 5.41) is 19.9. The number of anilines is 1. The predicted octanol–water partition coefficient (Wildman–Crippen LogP) is 0.990. The molecule has 0 spiro atoms. The molecule has 1 atom stereocenters. The number of thioether (sulfide) groups is 1. The molecule has 1 unspecified atom stereocenters. The molecule has 0 saturated carbocycles. The molecule has 0 aliphatic rings. The second kappa shape index (κ2) is 7.30. The minimum absolute atomic E-state index is 0.0230. The molecule has 0 fully saturated rings. The third kappa shape index (κ3) is 5.44. The van der Waals surface area contributed by atoms with Crippen molar-refractivity contribution in [1.82, 2.24) is 0 Å². The van der Waals surface area contributed by atoms with E-state index in [1.165, 1.54) is 0 Å². The Morgan fingerprint density at radius 3 is 2.50 bits per heavy atom. The van der Waals surface area contributed by atoms with Crippen LogP contribution in [0.15, 0.2) is 18.2 Å². The number of hydrogen-bond donors (Lipinski definition) is 3. The number of aliphatic hydroxyl groups excluding tert-OH is 2. The zero-order chi connectivity index (χ0) is 13.5. The maximum Gasteiger partial charge on any atom is 0.234 e. The van der Waals surface area contributed by atoms with Crippen molar-refractivity contribution in [2.24, 2.45) is 0 Å². The van der Waals surface area contributed by atoms with E-state index in [1.54, 1.807) is 0 Å². The topological polar surface area (TPSA) is 69.6 Å².